The van der Waals surface area contributed by atoms with Crippen molar-refractivity contribution >= 4 is 44.9 Å². The van der Waals surface area contributed by atoms with E-state index in [1.165, 1.54) is 5.56 Å². The Morgan fingerprint density at radius 1 is 1.53 bits per heavy atom. The summed E-state index contributed by atoms with van der Waals surface area (Å²) in [7, 11) is 0. The van der Waals surface area contributed by atoms with Gasteiger partial charge in [-0.05, 0) is 18.1 Å². The predicted octanol–water partition coefficient (Wildman–Crippen LogP) is 4.04. The highest BCUT2D eigenvalue weighted by Crippen LogP contribution is 2.21. The Bertz CT molecular complexity index is 366. The average Bonchev–Trinajstić information content (AvgIpc) is 2.26. The van der Waals surface area contributed by atoms with Crippen molar-refractivity contribution < 1.29 is 4.79 Å². The third kappa shape index (κ3) is 3.20. The summed E-state index contributed by atoms with van der Waals surface area (Å²) < 4.78 is 0.939. The van der Waals surface area contributed by atoms with Crippen LogP contribution in [0.1, 0.15) is 22.8 Å². The molecule has 1 aromatic rings. The van der Waals surface area contributed by atoms with Gasteiger partial charge < -0.3 is 0 Å². The summed E-state index contributed by atoms with van der Waals surface area (Å²) in [5.41, 5.74) is 1.77. The highest BCUT2D eigenvalue weighted by atomic mass is 79.9. The first-order valence-corrected chi connectivity index (χ1v) is 6.39. The Hall–Kier alpha value is -0.0500. The molecule has 0 fully saturated rings. The molecule has 1 nitrogen and oxygen atoms in total. The molecular weight excluding hydrogens is 299 g/mol. The largest absolute Gasteiger partial charge is 0.292 e. The standard InChI is InChI=1S/C11H11BrCl2O/c1-2-7-3-4-8(5-9(7)12)11(15)10(14)6-13/h3-5,10H,2,6H2,1H3. The van der Waals surface area contributed by atoms with Crippen molar-refractivity contribution in [3.8, 4) is 0 Å². The highest BCUT2D eigenvalue weighted by molar-refractivity contribution is 9.10. The summed E-state index contributed by atoms with van der Waals surface area (Å²) in [6, 6.07) is 5.51. The molecule has 0 aliphatic rings. The van der Waals surface area contributed by atoms with Crippen molar-refractivity contribution in [1.29, 1.82) is 0 Å². The van der Waals surface area contributed by atoms with Crippen LogP contribution in [-0.4, -0.2) is 17.0 Å². The van der Waals surface area contributed by atoms with Crippen molar-refractivity contribution in [1.82, 2.24) is 0 Å². The van der Waals surface area contributed by atoms with E-state index in [-0.39, 0.29) is 11.7 Å². The maximum Gasteiger partial charge on any atom is 0.181 e. The van der Waals surface area contributed by atoms with E-state index in [9.17, 15) is 4.79 Å². The zero-order valence-electron chi connectivity index (χ0n) is 8.27. The minimum Gasteiger partial charge on any atom is -0.292 e. The van der Waals surface area contributed by atoms with Crippen LogP contribution in [0.15, 0.2) is 22.7 Å². The van der Waals surface area contributed by atoms with Crippen molar-refractivity contribution in [2.75, 3.05) is 5.88 Å². The quantitative estimate of drug-likeness (QED) is 0.606. The van der Waals surface area contributed by atoms with Gasteiger partial charge in [0, 0.05) is 15.9 Å². The molecule has 0 aliphatic heterocycles. The molecule has 4 heteroatoms. The molecule has 1 atom stereocenters. The molecule has 0 heterocycles. The van der Waals surface area contributed by atoms with E-state index in [0.29, 0.717) is 5.56 Å². The first-order chi connectivity index (χ1) is 7.10. The summed E-state index contributed by atoms with van der Waals surface area (Å²) in [4.78, 5) is 11.7. The van der Waals surface area contributed by atoms with E-state index in [0.717, 1.165) is 10.9 Å². The third-order valence-corrected chi connectivity index (χ3v) is 3.70. The van der Waals surface area contributed by atoms with Crippen LogP contribution >= 0.6 is 39.1 Å². The van der Waals surface area contributed by atoms with Gasteiger partial charge in [-0.1, -0.05) is 35.0 Å². The number of carbonyl (C=O) groups is 1. The fraction of sp³-hybridized carbons (Fsp3) is 0.364. The van der Waals surface area contributed by atoms with Crippen molar-refractivity contribution in [2.24, 2.45) is 0 Å². The minimum absolute atomic E-state index is 0.130. The summed E-state index contributed by atoms with van der Waals surface area (Å²) in [5, 5.41) is -0.647. The van der Waals surface area contributed by atoms with Gasteiger partial charge in [0.05, 0.1) is 0 Å². The van der Waals surface area contributed by atoms with Gasteiger partial charge in [0.2, 0.25) is 0 Å². The van der Waals surface area contributed by atoms with Gasteiger partial charge in [0.1, 0.15) is 5.38 Å². The van der Waals surface area contributed by atoms with E-state index in [2.05, 4.69) is 22.9 Å². The lowest BCUT2D eigenvalue weighted by atomic mass is 10.1. The first kappa shape index (κ1) is 13.0. The van der Waals surface area contributed by atoms with Gasteiger partial charge in [-0.15, -0.1) is 23.2 Å². The SMILES string of the molecule is CCc1ccc(C(=O)C(Cl)CCl)cc1Br. The number of hydrogen-bond acceptors (Lipinski definition) is 1. The number of benzene rings is 1. The van der Waals surface area contributed by atoms with Crippen LogP contribution in [0.3, 0.4) is 0 Å². The first-order valence-electron chi connectivity index (χ1n) is 4.62. The van der Waals surface area contributed by atoms with Crippen molar-refractivity contribution in [2.45, 2.75) is 18.7 Å². The lowest BCUT2D eigenvalue weighted by molar-refractivity contribution is 0.0992. The highest BCUT2D eigenvalue weighted by Gasteiger charge is 2.16. The van der Waals surface area contributed by atoms with Gasteiger partial charge in [0.25, 0.3) is 0 Å². The van der Waals surface area contributed by atoms with Gasteiger partial charge in [-0.3, -0.25) is 4.79 Å². The Morgan fingerprint density at radius 2 is 2.20 bits per heavy atom. The van der Waals surface area contributed by atoms with Crippen LogP contribution in [0.4, 0.5) is 0 Å². The molecule has 0 N–H and O–H groups in total. The number of carbonyl (C=O) groups excluding carboxylic acids is 1. The molecule has 1 rings (SSSR count). The maximum atomic E-state index is 11.7. The predicted molar refractivity (Wildman–Crippen MR) is 68.2 cm³/mol. The number of Topliss-reactive ketones (excluding diaryl/α,β-unsaturated/α-hetero) is 1. The number of alkyl halides is 2. The van der Waals surface area contributed by atoms with E-state index in [1.807, 2.05) is 6.07 Å². The van der Waals surface area contributed by atoms with E-state index >= 15 is 0 Å². The molecule has 0 spiro atoms. The van der Waals surface area contributed by atoms with E-state index < -0.39 is 5.38 Å². The lowest BCUT2D eigenvalue weighted by Gasteiger charge is -2.07. The van der Waals surface area contributed by atoms with Gasteiger partial charge >= 0.3 is 0 Å². The van der Waals surface area contributed by atoms with Gasteiger partial charge in [-0.25, -0.2) is 0 Å². The smallest absolute Gasteiger partial charge is 0.181 e. The molecule has 1 aromatic carbocycles. The van der Waals surface area contributed by atoms with Gasteiger partial charge in [-0.2, -0.15) is 0 Å². The Morgan fingerprint density at radius 3 is 2.67 bits per heavy atom. The summed E-state index contributed by atoms with van der Waals surface area (Å²) >= 11 is 14.7. The summed E-state index contributed by atoms with van der Waals surface area (Å²) in [5.74, 6) is 0.00287. The molecule has 0 aromatic heterocycles. The number of ketones is 1. The van der Waals surface area contributed by atoms with Crippen molar-refractivity contribution in [3.05, 3.63) is 33.8 Å². The Balaban J connectivity index is 2.97. The molecule has 0 saturated heterocycles. The van der Waals surface area contributed by atoms with Crippen LogP contribution in [0.2, 0.25) is 0 Å². The Kier molecular flexibility index (Phi) is 5.10. The van der Waals surface area contributed by atoms with Crippen LogP contribution < -0.4 is 0 Å². The van der Waals surface area contributed by atoms with Crippen LogP contribution in [-0.2, 0) is 6.42 Å². The van der Waals surface area contributed by atoms with Crippen LogP contribution in [0.25, 0.3) is 0 Å². The zero-order valence-corrected chi connectivity index (χ0v) is 11.4. The van der Waals surface area contributed by atoms with Crippen LogP contribution in [0, 0.1) is 0 Å². The summed E-state index contributed by atoms with van der Waals surface area (Å²) in [6.45, 7) is 2.06. The second-order valence-electron chi connectivity index (χ2n) is 3.15. The molecular formula is C11H11BrCl2O. The second kappa shape index (κ2) is 5.88. The van der Waals surface area contributed by atoms with Gasteiger partial charge in [0.15, 0.2) is 5.78 Å². The Labute approximate surface area is 108 Å². The lowest BCUT2D eigenvalue weighted by Crippen LogP contribution is -2.16. The molecule has 0 aliphatic carbocycles. The molecule has 0 radical (unpaired) electrons. The molecule has 82 valence electrons. The fourth-order valence-corrected chi connectivity index (χ4v) is 2.16. The zero-order chi connectivity index (χ0) is 11.4. The molecule has 15 heavy (non-hydrogen) atoms. The monoisotopic (exact) mass is 308 g/mol. The van der Waals surface area contributed by atoms with Crippen molar-refractivity contribution in [3.63, 3.8) is 0 Å². The number of halogens is 3. The average molecular weight is 310 g/mol. The molecule has 1 unspecified atom stereocenters. The molecule has 0 amide bonds. The van der Waals surface area contributed by atoms with E-state index in [1.54, 1.807) is 12.1 Å². The van der Waals surface area contributed by atoms with E-state index in [4.69, 9.17) is 23.2 Å². The maximum absolute atomic E-state index is 11.7. The molecule has 0 bridgehead atoms. The third-order valence-electron chi connectivity index (χ3n) is 2.14. The number of rotatable bonds is 4. The second-order valence-corrected chi connectivity index (χ2v) is 4.84. The number of hydrogen-bond donors (Lipinski definition) is 0. The normalized spacial score (nSPS) is 12.5. The molecule has 0 saturated carbocycles. The van der Waals surface area contributed by atoms with Crippen LogP contribution in [0.5, 0.6) is 0 Å². The fourth-order valence-electron chi connectivity index (χ4n) is 1.24. The number of aryl methyl sites for hydroxylation is 1. The topological polar surface area (TPSA) is 17.1 Å². The minimum atomic E-state index is -0.647. The summed E-state index contributed by atoms with van der Waals surface area (Å²) in [6.07, 6.45) is 0.925.